The number of aliphatic hydroxyl groups excluding tert-OH is 1. The number of hydrogen-bond acceptors (Lipinski definition) is 3. The lowest BCUT2D eigenvalue weighted by Gasteiger charge is -2.33. The minimum Gasteiger partial charge on any atom is -0.406 e. The van der Waals surface area contributed by atoms with Gasteiger partial charge in [-0.3, -0.25) is 0 Å². The number of para-hydroxylation sites is 1. The molecule has 1 N–H and O–H groups in total. The predicted octanol–water partition coefficient (Wildman–Crippen LogP) is 7.83. The number of alkyl halides is 6. The van der Waals surface area contributed by atoms with Crippen LogP contribution in [0.25, 0.3) is 11.1 Å². The Balaban J connectivity index is 1.57. The zero-order valence-electron chi connectivity index (χ0n) is 22.0. The van der Waals surface area contributed by atoms with Gasteiger partial charge < -0.3 is 14.7 Å². The van der Waals surface area contributed by atoms with Gasteiger partial charge in [0, 0.05) is 17.6 Å². The van der Waals surface area contributed by atoms with E-state index >= 15 is 0 Å². The molecular weight excluding hydrogens is 544 g/mol. The van der Waals surface area contributed by atoms with Gasteiger partial charge >= 0.3 is 12.5 Å². The SMILES string of the molecule is Cc1cccc(C2(Cc3cccc(-c4cccc(OC(F)(F)F)c4)c3)CN(C[C@@H](O)C(F)(F)F)c3ccccc32)c1. The van der Waals surface area contributed by atoms with Crippen molar-refractivity contribution in [2.75, 3.05) is 18.0 Å². The first-order valence-corrected chi connectivity index (χ1v) is 13.0. The number of ether oxygens (including phenoxy) is 1. The second kappa shape index (κ2) is 10.8. The van der Waals surface area contributed by atoms with Crippen molar-refractivity contribution in [3.8, 4) is 16.9 Å². The maximum atomic E-state index is 13.4. The van der Waals surface area contributed by atoms with E-state index in [9.17, 15) is 31.4 Å². The van der Waals surface area contributed by atoms with E-state index in [1.54, 1.807) is 35.2 Å². The first-order chi connectivity index (χ1) is 19.3. The second-order valence-electron chi connectivity index (χ2n) is 10.4. The molecule has 0 spiro atoms. The number of benzene rings is 4. The third kappa shape index (κ3) is 6.20. The average Bonchev–Trinajstić information content (AvgIpc) is 3.21. The van der Waals surface area contributed by atoms with E-state index in [1.807, 2.05) is 55.5 Å². The van der Waals surface area contributed by atoms with Gasteiger partial charge in [-0.1, -0.05) is 84.4 Å². The van der Waals surface area contributed by atoms with E-state index < -0.39 is 30.6 Å². The molecule has 214 valence electrons. The van der Waals surface area contributed by atoms with E-state index in [2.05, 4.69) is 4.74 Å². The Morgan fingerprint density at radius 3 is 2.22 bits per heavy atom. The monoisotopic (exact) mass is 571 g/mol. The number of hydrogen-bond donors (Lipinski definition) is 1. The lowest BCUT2D eigenvalue weighted by Crippen LogP contribution is -2.44. The molecule has 4 aromatic carbocycles. The fourth-order valence-corrected chi connectivity index (χ4v) is 5.65. The van der Waals surface area contributed by atoms with E-state index in [0.29, 0.717) is 23.2 Å². The van der Waals surface area contributed by atoms with Crippen molar-refractivity contribution in [3.05, 3.63) is 119 Å². The second-order valence-corrected chi connectivity index (χ2v) is 10.4. The van der Waals surface area contributed by atoms with Crippen molar-refractivity contribution < 1.29 is 36.2 Å². The summed E-state index contributed by atoms with van der Waals surface area (Å²) in [6, 6.07) is 28.2. The van der Waals surface area contributed by atoms with Gasteiger partial charge in [-0.2, -0.15) is 13.2 Å². The minimum absolute atomic E-state index is 0.197. The molecule has 1 aliphatic rings. The van der Waals surface area contributed by atoms with Gasteiger partial charge in [0.15, 0.2) is 6.10 Å². The maximum absolute atomic E-state index is 13.4. The molecule has 0 aliphatic carbocycles. The average molecular weight is 572 g/mol. The van der Waals surface area contributed by atoms with Crippen LogP contribution < -0.4 is 9.64 Å². The summed E-state index contributed by atoms with van der Waals surface area (Å²) in [5.74, 6) is -0.333. The summed E-state index contributed by atoms with van der Waals surface area (Å²) in [5, 5.41) is 9.95. The van der Waals surface area contributed by atoms with Gasteiger partial charge in [0.1, 0.15) is 5.75 Å². The van der Waals surface area contributed by atoms with Gasteiger partial charge in [0.05, 0.1) is 6.54 Å². The normalized spacial score (nSPS) is 17.8. The number of nitrogens with zero attached hydrogens (tertiary/aromatic N) is 1. The Kier molecular flexibility index (Phi) is 7.50. The van der Waals surface area contributed by atoms with Crippen molar-refractivity contribution in [2.24, 2.45) is 0 Å². The summed E-state index contributed by atoms with van der Waals surface area (Å²) in [5.41, 5.74) is 4.65. The van der Waals surface area contributed by atoms with Crippen molar-refractivity contribution >= 4 is 5.69 Å². The zero-order valence-corrected chi connectivity index (χ0v) is 22.0. The van der Waals surface area contributed by atoms with Gasteiger partial charge in [0.2, 0.25) is 0 Å². The van der Waals surface area contributed by atoms with Crippen LogP contribution >= 0.6 is 0 Å². The Labute approximate surface area is 233 Å². The van der Waals surface area contributed by atoms with Crippen LogP contribution in [0.15, 0.2) is 97.1 Å². The number of fused-ring (bicyclic) bond motifs is 1. The van der Waals surface area contributed by atoms with Gasteiger partial charge in [-0.15, -0.1) is 13.2 Å². The Morgan fingerprint density at radius 2 is 1.51 bits per heavy atom. The molecule has 4 aromatic rings. The standard InChI is InChI=1S/C32H27F6NO2/c1-21-7-4-11-25(15-21)30(20-39(19-29(40)31(33,34)35)28-14-3-2-13-27(28)30)18-22-8-5-9-23(16-22)24-10-6-12-26(17-24)41-32(36,37)38/h2-17,29,40H,18-20H2,1H3/t29-,30?/m1/s1. The van der Waals surface area contributed by atoms with Crippen molar-refractivity contribution in [3.63, 3.8) is 0 Å². The highest BCUT2D eigenvalue weighted by molar-refractivity contribution is 5.69. The van der Waals surface area contributed by atoms with Gasteiger partial charge in [0.25, 0.3) is 0 Å². The third-order valence-corrected chi connectivity index (χ3v) is 7.40. The molecule has 9 heteroatoms. The van der Waals surface area contributed by atoms with E-state index in [1.165, 1.54) is 18.2 Å². The van der Waals surface area contributed by atoms with Crippen LogP contribution in [0.5, 0.6) is 5.75 Å². The van der Waals surface area contributed by atoms with Crippen LogP contribution in [-0.4, -0.2) is 36.8 Å². The van der Waals surface area contributed by atoms with E-state index in [0.717, 1.165) is 22.3 Å². The number of halogens is 6. The summed E-state index contributed by atoms with van der Waals surface area (Å²) >= 11 is 0. The summed E-state index contributed by atoms with van der Waals surface area (Å²) in [6.45, 7) is 1.53. The van der Waals surface area contributed by atoms with Crippen molar-refractivity contribution in [1.29, 1.82) is 0 Å². The topological polar surface area (TPSA) is 32.7 Å². The fraction of sp³-hybridized carbons (Fsp3) is 0.250. The number of rotatable bonds is 7. The van der Waals surface area contributed by atoms with E-state index in [-0.39, 0.29) is 12.3 Å². The Bertz CT molecular complexity index is 1530. The first-order valence-electron chi connectivity index (χ1n) is 13.0. The molecule has 41 heavy (non-hydrogen) atoms. The highest BCUT2D eigenvalue weighted by Gasteiger charge is 2.47. The van der Waals surface area contributed by atoms with Crippen LogP contribution in [0.3, 0.4) is 0 Å². The molecule has 0 radical (unpaired) electrons. The number of aryl methyl sites for hydroxylation is 1. The van der Waals surface area contributed by atoms with Gasteiger partial charge in [-0.05, 0) is 59.4 Å². The lowest BCUT2D eigenvalue weighted by atomic mass is 9.71. The third-order valence-electron chi connectivity index (χ3n) is 7.40. The highest BCUT2D eigenvalue weighted by Crippen LogP contribution is 2.48. The van der Waals surface area contributed by atoms with Crippen LogP contribution in [0, 0.1) is 6.92 Å². The highest BCUT2D eigenvalue weighted by atomic mass is 19.4. The molecule has 0 saturated heterocycles. The van der Waals surface area contributed by atoms with Crippen LogP contribution in [0.4, 0.5) is 32.0 Å². The summed E-state index contributed by atoms with van der Waals surface area (Å²) in [7, 11) is 0. The molecule has 1 heterocycles. The quantitative estimate of drug-likeness (QED) is 0.230. The Morgan fingerprint density at radius 1 is 0.829 bits per heavy atom. The van der Waals surface area contributed by atoms with Crippen LogP contribution in [0.2, 0.25) is 0 Å². The van der Waals surface area contributed by atoms with Crippen LogP contribution in [0.1, 0.15) is 22.3 Å². The van der Waals surface area contributed by atoms with Crippen molar-refractivity contribution in [2.45, 2.75) is 37.4 Å². The molecule has 3 nitrogen and oxygen atoms in total. The molecule has 0 saturated carbocycles. The predicted molar refractivity (Wildman–Crippen MR) is 145 cm³/mol. The molecule has 0 aromatic heterocycles. The molecule has 1 aliphatic heterocycles. The van der Waals surface area contributed by atoms with E-state index in [4.69, 9.17) is 0 Å². The lowest BCUT2D eigenvalue weighted by molar-refractivity contribution is -0.274. The maximum Gasteiger partial charge on any atom is 0.573 e. The molecule has 0 amide bonds. The van der Waals surface area contributed by atoms with Gasteiger partial charge in [-0.25, -0.2) is 0 Å². The fourth-order valence-electron chi connectivity index (χ4n) is 5.65. The zero-order chi connectivity index (χ0) is 29.4. The molecule has 2 atom stereocenters. The smallest absolute Gasteiger partial charge is 0.406 e. The molecular formula is C32H27F6NO2. The largest absolute Gasteiger partial charge is 0.573 e. The summed E-state index contributed by atoms with van der Waals surface area (Å²) in [6.07, 6.45) is -11.7. The molecule has 0 bridgehead atoms. The van der Waals surface area contributed by atoms with Crippen LogP contribution in [-0.2, 0) is 11.8 Å². The minimum atomic E-state index is -4.82. The number of β-amino-alcohol motifs (C(OH)–C–C–N with tert-alkyl or cyclic N) is 1. The summed E-state index contributed by atoms with van der Waals surface area (Å²) in [4.78, 5) is 1.58. The molecule has 0 fully saturated rings. The molecule has 5 rings (SSSR count). The number of aliphatic hydroxyl groups is 1. The van der Waals surface area contributed by atoms with Crippen molar-refractivity contribution in [1.82, 2.24) is 0 Å². The first kappa shape index (κ1) is 28.5. The molecule has 1 unspecified atom stereocenters. The Hall–Kier alpha value is -3.98. The summed E-state index contributed by atoms with van der Waals surface area (Å²) < 4.78 is 82.6. The number of anilines is 1.